The lowest BCUT2D eigenvalue weighted by Gasteiger charge is -2.12. The zero-order chi connectivity index (χ0) is 16.1. The Balaban J connectivity index is 2.13. The summed E-state index contributed by atoms with van der Waals surface area (Å²) >= 11 is 3.38. The molecule has 1 unspecified atom stereocenters. The molecule has 0 spiro atoms. The molecule has 1 heterocycles. The first-order chi connectivity index (χ1) is 10.5. The summed E-state index contributed by atoms with van der Waals surface area (Å²) in [6.07, 6.45) is 2.71. The zero-order valence-corrected chi connectivity index (χ0v) is 13.6. The summed E-state index contributed by atoms with van der Waals surface area (Å²) in [5.74, 6) is -1.53. The SMILES string of the molecule is CCCC(NC(=O)c1ccn(-c2cccc(Br)c2)n1)C(=O)O. The van der Waals surface area contributed by atoms with Crippen molar-refractivity contribution >= 4 is 27.8 Å². The van der Waals surface area contributed by atoms with Gasteiger partial charge in [0.05, 0.1) is 5.69 Å². The van der Waals surface area contributed by atoms with E-state index in [-0.39, 0.29) is 5.69 Å². The lowest BCUT2D eigenvalue weighted by Crippen LogP contribution is -2.40. The number of hydrogen-bond donors (Lipinski definition) is 2. The van der Waals surface area contributed by atoms with E-state index in [0.29, 0.717) is 12.8 Å². The maximum Gasteiger partial charge on any atom is 0.326 e. The third-order valence-electron chi connectivity index (χ3n) is 3.08. The molecular formula is C15H16BrN3O3. The Morgan fingerprint density at radius 1 is 1.41 bits per heavy atom. The molecule has 0 saturated heterocycles. The van der Waals surface area contributed by atoms with Gasteiger partial charge in [0, 0.05) is 10.7 Å². The molecule has 0 aliphatic heterocycles. The Morgan fingerprint density at radius 2 is 2.18 bits per heavy atom. The Kier molecular flexibility index (Phi) is 5.32. The highest BCUT2D eigenvalue weighted by Gasteiger charge is 2.20. The van der Waals surface area contributed by atoms with Crippen molar-refractivity contribution in [2.45, 2.75) is 25.8 Å². The second-order valence-electron chi connectivity index (χ2n) is 4.78. The fourth-order valence-electron chi connectivity index (χ4n) is 1.99. The summed E-state index contributed by atoms with van der Waals surface area (Å²) in [4.78, 5) is 23.2. The summed E-state index contributed by atoms with van der Waals surface area (Å²) in [7, 11) is 0. The van der Waals surface area contributed by atoms with Gasteiger partial charge in [0.2, 0.25) is 0 Å². The Morgan fingerprint density at radius 3 is 2.82 bits per heavy atom. The molecule has 7 heteroatoms. The monoisotopic (exact) mass is 365 g/mol. The Hall–Kier alpha value is -2.15. The molecule has 1 atom stereocenters. The highest BCUT2D eigenvalue weighted by atomic mass is 79.9. The number of halogens is 1. The van der Waals surface area contributed by atoms with Crippen molar-refractivity contribution in [3.8, 4) is 5.69 Å². The lowest BCUT2D eigenvalue weighted by molar-refractivity contribution is -0.139. The van der Waals surface area contributed by atoms with Crippen LogP contribution in [0.15, 0.2) is 41.0 Å². The number of carbonyl (C=O) groups excluding carboxylic acids is 1. The second kappa shape index (κ2) is 7.22. The average Bonchev–Trinajstić information content (AvgIpc) is 2.96. The fraction of sp³-hybridized carbons (Fsp3) is 0.267. The first kappa shape index (κ1) is 16.2. The molecule has 0 aliphatic rings. The van der Waals surface area contributed by atoms with Crippen LogP contribution in [0.1, 0.15) is 30.3 Å². The van der Waals surface area contributed by atoms with E-state index in [1.807, 2.05) is 31.2 Å². The van der Waals surface area contributed by atoms with Crippen LogP contribution in [-0.2, 0) is 4.79 Å². The molecule has 2 rings (SSSR count). The number of nitrogens with zero attached hydrogens (tertiary/aromatic N) is 2. The summed E-state index contributed by atoms with van der Waals surface area (Å²) in [5, 5.41) is 15.7. The van der Waals surface area contributed by atoms with Gasteiger partial charge in [0.25, 0.3) is 5.91 Å². The molecule has 1 amide bonds. The van der Waals surface area contributed by atoms with Crippen LogP contribution in [0.2, 0.25) is 0 Å². The summed E-state index contributed by atoms with van der Waals surface area (Å²) < 4.78 is 2.47. The summed E-state index contributed by atoms with van der Waals surface area (Å²) in [6.45, 7) is 1.87. The molecule has 0 radical (unpaired) electrons. The average molecular weight is 366 g/mol. The van der Waals surface area contributed by atoms with Crippen molar-refractivity contribution < 1.29 is 14.7 Å². The maximum absolute atomic E-state index is 12.1. The number of carboxylic acid groups (broad SMARTS) is 1. The smallest absolute Gasteiger partial charge is 0.326 e. The van der Waals surface area contributed by atoms with Crippen molar-refractivity contribution in [1.82, 2.24) is 15.1 Å². The molecule has 0 bridgehead atoms. The summed E-state index contributed by atoms with van der Waals surface area (Å²) in [6, 6.07) is 8.14. The van der Waals surface area contributed by atoms with Crippen molar-refractivity contribution in [2.75, 3.05) is 0 Å². The van der Waals surface area contributed by atoms with E-state index in [2.05, 4.69) is 26.3 Å². The predicted molar refractivity (Wildman–Crippen MR) is 85.1 cm³/mol. The van der Waals surface area contributed by atoms with Gasteiger partial charge in [-0.25, -0.2) is 9.48 Å². The van der Waals surface area contributed by atoms with E-state index in [4.69, 9.17) is 5.11 Å². The van der Waals surface area contributed by atoms with Gasteiger partial charge < -0.3 is 10.4 Å². The minimum absolute atomic E-state index is 0.183. The van der Waals surface area contributed by atoms with Gasteiger partial charge in [-0.05, 0) is 30.7 Å². The number of carboxylic acids is 1. The van der Waals surface area contributed by atoms with Gasteiger partial charge in [-0.2, -0.15) is 5.10 Å². The third kappa shape index (κ3) is 3.94. The van der Waals surface area contributed by atoms with E-state index in [0.717, 1.165) is 10.2 Å². The van der Waals surface area contributed by atoms with E-state index in [1.165, 1.54) is 0 Å². The highest BCUT2D eigenvalue weighted by Crippen LogP contribution is 2.15. The van der Waals surface area contributed by atoms with Crippen LogP contribution in [0.3, 0.4) is 0 Å². The van der Waals surface area contributed by atoms with E-state index in [1.54, 1.807) is 16.9 Å². The largest absolute Gasteiger partial charge is 0.480 e. The number of nitrogens with one attached hydrogen (secondary N) is 1. The number of amides is 1. The van der Waals surface area contributed by atoms with Gasteiger partial charge in [0.15, 0.2) is 5.69 Å². The van der Waals surface area contributed by atoms with Crippen LogP contribution < -0.4 is 5.32 Å². The molecule has 2 aromatic rings. The van der Waals surface area contributed by atoms with Gasteiger partial charge in [-0.3, -0.25) is 4.79 Å². The minimum Gasteiger partial charge on any atom is -0.480 e. The van der Waals surface area contributed by atoms with Crippen molar-refractivity contribution in [3.63, 3.8) is 0 Å². The first-order valence-corrected chi connectivity index (χ1v) is 7.66. The van der Waals surface area contributed by atoms with Crippen LogP contribution in [-0.4, -0.2) is 32.8 Å². The van der Waals surface area contributed by atoms with Crippen LogP contribution >= 0.6 is 15.9 Å². The number of carbonyl (C=O) groups is 2. The highest BCUT2D eigenvalue weighted by molar-refractivity contribution is 9.10. The molecular weight excluding hydrogens is 350 g/mol. The quantitative estimate of drug-likeness (QED) is 0.823. The predicted octanol–water partition coefficient (Wildman–Crippen LogP) is 2.62. The number of benzene rings is 1. The van der Waals surface area contributed by atoms with Gasteiger partial charge >= 0.3 is 5.97 Å². The van der Waals surface area contributed by atoms with Crippen LogP contribution in [0.25, 0.3) is 5.69 Å². The standard InChI is InChI=1S/C15H16BrN3O3/c1-2-4-13(15(21)22)17-14(20)12-7-8-19(18-12)11-6-3-5-10(16)9-11/h3,5-9,13H,2,4H2,1H3,(H,17,20)(H,21,22). The molecule has 0 aliphatic carbocycles. The van der Waals surface area contributed by atoms with Crippen molar-refractivity contribution in [2.24, 2.45) is 0 Å². The lowest BCUT2D eigenvalue weighted by atomic mass is 10.1. The summed E-state index contributed by atoms with van der Waals surface area (Å²) in [5.41, 5.74) is 0.985. The Labute approximate surface area is 136 Å². The maximum atomic E-state index is 12.1. The molecule has 1 aromatic heterocycles. The molecule has 0 saturated carbocycles. The van der Waals surface area contributed by atoms with E-state index < -0.39 is 17.9 Å². The van der Waals surface area contributed by atoms with Crippen LogP contribution in [0, 0.1) is 0 Å². The Bertz CT molecular complexity index is 684. The molecule has 1 aromatic carbocycles. The molecule has 116 valence electrons. The molecule has 2 N–H and O–H groups in total. The van der Waals surface area contributed by atoms with Crippen LogP contribution in [0.4, 0.5) is 0 Å². The second-order valence-corrected chi connectivity index (χ2v) is 5.69. The number of rotatable bonds is 6. The first-order valence-electron chi connectivity index (χ1n) is 6.86. The molecule has 0 fully saturated rings. The number of hydrogen-bond acceptors (Lipinski definition) is 3. The molecule has 6 nitrogen and oxygen atoms in total. The van der Waals surface area contributed by atoms with Crippen LogP contribution in [0.5, 0.6) is 0 Å². The number of aliphatic carboxylic acids is 1. The van der Waals surface area contributed by atoms with E-state index in [9.17, 15) is 9.59 Å². The van der Waals surface area contributed by atoms with Gasteiger partial charge in [-0.15, -0.1) is 0 Å². The van der Waals surface area contributed by atoms with Crippen molar-refractivity contribution in [3.05, 3.63) is 46.7 Å². The molecule has 22 heavy (non-hydrogen) atoms. The topological polar surface area (TPSA) is 84.2 Å². The normalized spacial score (nSPS) is 11.9. The number of aromatic nitrogens is 2. The van der Waals surface area contributed by atoms with Gasteiger partial charge in [-0.1, -0.05) is 35.3 Å². The third-order valence-corrected chi connectivity index (χ3v) is 3.57. The van der Waals surface area contributed by atoms with Gasteiger partial charge in [0.1, 0.15) is 6.04 Å². The van der Waals surface area contributed by atoms with E-state index >= 15 is 0 Å². The fourth-order valence-corrected chi connectivity index (χ4v) is 2.37. The minimum atomic E-state index is -1.04. The zero-order valence-electron chi connectivity index (χ0n) is 12.0. The van der Waals surface area contributed by atoms with Crippen molar-refractivity contribution in [1.29, 1.82) is 0 Å².